The maximum Gasteiger partial charge on any atom is 0.265 e. The van der Waals surface area contributed by atoms with Crippen molar-refractivity contribution in [2.45, 2.75) is 40.0 Å². The van der Waals surface area contributed by atoms with Crippen LogP contribution in [0.4, 0.5) is 5.69 Å². The zero-order chi connectivity index (χ0) is 22.1. The second kappa shape index (κ2) is 8.63. The van der Waals surface area contributed by atoms with Gasteiger partial charge in [-0.3, -0.25) is 9.59 Å². The first-order valence-corrected chi connectivity index (χ1v) is 11.3. The van der Waals surface area contributed by atoms with Crippen LogP contribution in [-0.4, -0.2) is 29.2 Å². The van der Waals surface area contributed by atoms with Crippen LogP contribution in [0.1, 0.15) is 48.0 Å². The van der Waals surface area contributed by atoms with Crippen molar-refractivity contribution in [1.29, 1.82) is 0 Å². The molecule has 8 heteroatoms. The second-order valence-electron chi connectivity index (χ2n) is 7.71. The van der Waals surface area contributed by atoms with Gasteiger partial charge >= 0.3 is 0 Å². The summed E-state index contributed by atoms with van der Waals surface area (Å²) >= 11 is 1.49. The molecule has 7 nitrogen and oxygen atoms in total. The molecule has 3 N–H and O–H groups in total. The van der Waals surface area contributed by atoms with E-state index in [1.807, 2.05) is 13.8 Å². The number of aromatic amines is 1. The Morgan fingerprint density at radius 2 is 2.06 bits per heavy atom. The molecule has 0 fully saturated rings. The van der Waals surface area contributed by atoms with Gasteiger partial charge in [0.05, 0.1) is 24.3 Å². The molecule has 0 saturated carbocycles. The molecular formula is C23H26N2O5S. The van der Waals surface area contributed by atoms with Crippen LogP contribution in [0.5, 0.6) is 17.2 Å². The lowest BCUT2D eigenvalue weighted by molar-refractivity contribution is 0.102. The molecular weight excluding hydrogens is 416 g/mol. The summed E-state index contributed by atoms with van der Waals surface area (Å²) in [4.78, 5) is 30.4. The fraction of sp³-hybridized carbons (Fsp3) is 0.391. The second-order valence-corrected chi connectivity index (χ2v) is 8.82. The lowest BCUT2D eigenvalue weighted by Gasteiger charge is -2.18. The number of benzene rings is 1. The van der Waals surface area contributed by atoms with Crippen LogP contribution in [0.25, 0.3) is 10.2 Å². The Kier molecular flexibility index (Phi) is 5.91. The fourth-order valence-corrected chi connectivity index (χ4v) is 5.43. The summed E-state index contributed by atoms with van der Waals surface area (Å²) in [6, 6.07) is 5.09. The standard InChI is InChI=1S/C23H26N2O5S/c1-4-29-13-7-9-16(30-5-2)15(11-13)24-21(27)19-20(26)18-14-8-6-12(3)10-17(14)31-23(18)25-22(19)28/h7,9,11-12H,4-6,8,10H2,1-3H3,(H,24,27)(H2,25,26,28). The molecule has 0 spiro atoms. The number of aromatic nitrogens is 1. The van der Waals surface area contributed by atoms with Crippen LogP contribution in [0.15, 0.2) is 23.0 Å². The van der Waals surface area contributed by atoms with Crippen LogP contribution < -0.4 is 20.3 Å². The maximum atomic E-state index is 13.1. The van der Waals surface area contributed by atoms with Gasteiger partial charge < -0.3 is 24.9 Å². The zero-order valence-electron chi connectivity index (χ0n) is 17.8. The van der Waals surface area contributed by atoms with Crippen molar-refractivity contribution >= 4 is 33.1 Å². The van der Waals surface area contributed by atoms with E-state index < -0.39 is 11.5 Å². The third-order valence-electron chi connectivity index (χ3n) is 5.48. The molecule has 1 aromatic carbocycles. The number of hydrogen-bond acceptors (Lipinski definition) is 6. The molecule has 1 atom stereocenters. The molecule has 1 aliphatic rings. The third kappa shape index (κ3) is 3.99. The van der Waals surface area contributed by atoms with Gasteiger partial charge in [-0.1, -0.05) is 6.92 Å². The van der Waals surface area contributed by atoms with Crippen molar-refractivity contribution in [2.75, 3.05) is 18.5 Å². The third-order valence-corrected chi connectivity index (χ3v) is 6.65. The van der Waals surface area contributed by atoms with Crippen molar-refractivity contribution in [1.82, 2.24) is 4.98 Å². The number of rotatable bonds is 6. The predicted molar refractivity (Wildman–Crippen MR) is 122 cm³/mol. The Bertz CT molecular complexity index is 1200. The lowest BCUT2D eigenvalue weighted by atomic mass is 9.89. The summed E-state index contributed by atoms with van der Waals surface area (Å²) in [5, 5.41) is 14.3. The number of carbonyl (C=O) groups excluding carboxylic acids is 1. The van der Waals surface area contributed by atoms with Crippen LogP contribution in [0.2, 0.25) is 0 Å². The molecule has 0 radical (unpaired) electrons. The molecule has 0 bridgehead atoms. The number of anilines is 1. The van der Waals surface area contributed by atoms with Crippen LogP contribution in [-0.2, 0) is 12.8 Å². The molecule has 1 unspecified atom stereocenters. The minimum Gasteiger partial charge on any atom is -0.506 e. The average molecular weight is 443 g/mol. The summed E-state index contributed by atoms with van der Waals surface area (Å²) < 4.78 is 11.1. The number of hydrogen-bond donors (Lipinski definition) is 3. The molecule has 0 saturated heterocycles. The van der Waals surface area contributed by atoms with E-state index in [1.165, 1.54) is 16.2 Å². The highest BCUT2D eigenvalue weighted by molar-refractivity contribution is 7.18. The van der Waals surface area contributed by atoms with E-state index in [9.17, 15) is 14.7 Å². The number of H-pyrrole nitrogens is 1. The zero-order valence-corrected chi connectivity index (χ0v) is 18.6. The quantitative estimate of drug-likeness (QED) is 0.523. The fourth-order valence-electron chi connectivity index (χ4n) is 4.03. The van der Waals surface area contributed by atoms with Gasteiger partial charge in [0.2, 0.25) is 0 Å². The Labute approximate surface area is 184 Å². The van der Waals surface area contributed by atoms with Gasteiger partial charge in [-0.05, 0) is 56.7 Å². The first-order valence-electron chi connectivity index (χ1n) is 10.5. The number of carbonyl (C=O) groups is 1. The number of thiophene rings is 1. The van der Waals surface area contributed by atoms with Crippen molar-refractivity contribution in [2.24, 2.45) is 5.92 Å². The Morgan fingerprint density at radius 3 is 2.81 bits per heavy atom. The first-order chi connectivity index (χ1) is 14.9. The summed E-state index contributed by atoms with van der Waals surface area (Å²) in [5.74, 6) is 0.627. The molecule has 4 rings (SSSR count). The van der Waals surface area contributed by atoms with Gasteiger partial charge in [0.15, 0.2) is 0 Å². The SMILES string of the molecule is CCOc1ccc(OCC)c(NC(=O)c2c(O)c3c4c(sc3[nH]c2=O)CC(C)CC4)c1. The number of nitrogens with one attached hydrogen (secondary N) is 2. The molecule has 2 heterocycles. The van der Waals surface area contributed by atoms with Gasteiger partial charge in [0.25, 0.3) is 11.5 Å². The van der Waals surface area contributed by atoms with Crippen molar-refractivity contribution in [3.8, 4) is 17.2 Å². The van der Waals surface area contributed by atoms with Gasteiger partial charge in [-0.2, -0.15) is 0 Å². The lowest BCUT2D eigenvalue weighted by Crippen LogP contribution is -2.23. The number of aromatic hydroxyl groups is 1. The number of amides is 1. The smallest absolute Gasteiger partial charge is 0.265 e. The van der Waals surface area contributed by atoms with Crippen LogP contribution in [0.3, 0.4) is 0 Å². The Morgan fingerprint density at radius 1 is 1.29 bits per heavy atom. The average Bonchev–Trinajstić information content (AvgIpc) is 3.07. The van der Waals surface area contributed by atoms with Crippen molar-refractivity contribution < 1.29 is 19.4 Å². The molecule has 3 aromatic rings. The van der Waals surface area contributed by atoms with E-state index in [2.05, 4.69) is 17.2 Å². The molecule has 1 amide bonds. The van der Waals surface area contributed by atoms with Crippen molar-refractivity contribution in [3.63, 3.8) is 0 Å². The Hall–Kier alpha value is -3.00. The molecule has 2 aromatic heterocycles. The predicted octanol–water partition coefficient (Wildman–Crippen LogP) is 4.47. The molecule has 0 aliphatic heterocycles. The monoisotopic (exact) mass is 442 g/mol. The molecule has 1 aliphatic carbocycles. The first kappa shape index (κ1) is 21.2. The number of fused-ring (bicyclic) bond motifs is 3. The van der Waals surface area contributed by atoms with E-state index in [4.69, 9.17) is 9.47 Å². The largest absolute Gasteiger partial charge is 0.506 e. The van der Waals surface area contributed by atoms with E-state index in [-0.39, 0.29) is 11.3 Å². The highest BCUT2D eigenvalue weighted by atomic mass is 32.1. The normalized spacial score (nSPS) is 15.5. The van der Waals surface area contributed by atoms with E-state index in [1.54, 1.807) is 18.2 Å². The molecule has 31 heavy (non-hydrogen) atoms. The van der Waals surface area contributed by atoms with Gasteiger partial charge in [0, 0.05) is 10.9 Å². The topological polar surface area (TPSA) is 101 Å². The highest BCUT2D eigenvalue weighted by Gasteiger charge is 2.27. The minimum absolute atomic E-state index is 0.262. The summed E-state index contributed by atoms with van der Waals surface area (Å²) in [7, 11) is 0. The minimum atomic E-state index is -0.695. The van der Waals surface area contributed by atoms with Gasteiger partial charge in [-0.25, -0.2) is 0 Å². The number of ether oxygens (including phenoxy) is 2. The van der Waals surface area contributed by atoms with Crippen molar-refractivity contribution in [3.05, 3.63) is 44.6 Å². The summed E-state index contributed by atoms with van der Waals surface area (Å²) in [5.41, 5.74) is 0.496. The van der Waals surface area contributed by atoms with E-state index in [0.29, 0.717) is 46.5 Å². The highest BCUT2D eigenvalue weighted by Crippen LogP contribution is 2.41. The van der Waals surface area contributed by atoms with Gasteiger partial charge in [-0.15, -0.1) is 11.3 Å². The number of aryl methyl sites for hydroxylation is 1. The van der Waals surface area contributed by atoms with Gasteiger partial charge in [0.1, 0.15) is 27.6 Å². The number of pyridine rings is 1. The van der Waals surface area contributed by atoms with E-state index >= 15 is 0 Å². The maximum absolute atomic E-state index is 13.1. The molecule has 164 valence electrons. The van der Waals surface area contributed by atoms with Crippen LogP contribution >= 0.6 is 11.3 Å². The summed E-state index contributed by atoms with van der Waals surface area (Å²) in [6.45, 7) is 6.78. The Balaban J connectivity index is 1.75. The van der Waals surface area contributed by atoms with E-state index in [0.717, 1.165) is 24.8 Å². The van der Waals surface area contributed by atoms with Crippen LogP contribution in [0, 0.1) is 5.92 Å². The summed E-state index contributed by atoms with van der Waals surface area (Å²) in [6.07, 6.45) is 2.75.